The second-order valence-corrected chi connectivity index (χ2v) is 9.57. The minimum atomic E-state index is -0.407. The third-order valence-electron chi connectivity index (χ3n) is 7.40. The van der Waals surface area contributed by atoms with Gasteiger partial charge in [-0.3, -0.25) is 9.69 Å². The molecule has 0 unspecified atom stereocenters. The van der Waals surface area contributed by atoms with Gasteiger partial charge in [-0.25, -0.2) is 0 Å². The maximum absolute atomic E-state index is 13.3. The Morgan fingerprint density at radius 2 is 1.72 bits per heavy atom. The van der Waals surface area contributed by atoms with Crippen LogP contribution in [0.25, 0.3) is 10.9 Å². The van der Waals surface area contributed by atoms with Gasteiger partial charge in [-0.05, 0) is 74.9 Å². The number of aliphatic hydroxyl groups excluding tert-OH is 1. The minimum Gasteiger partial charge on any atom is -0.391 e. The summed E-state index contributed by atoms with van der Waals surface area (Å²) in [6, 6.07) is 14.8. The Kier molecular flexibility index (Phi) is 5.78. The first-order valence-electron chi connectivity index (χ1n) is 11.9. The standard InChI is InChI=1S/C27H33N3O2/c1-18-6-5-7-19(2)25(18)20-10-13-29(14-11-20)17-23-22-8-3-4-9-24(22)28-26(23)27(32)30-15-12-21(31)16-30/h3-9,20-21,28,31H,10-17H2,1-2H3/t21-/m0/s1. The van der Waals surface area contributed by atoms with Gasteiger partial charge in [-0.2, -0.15) is 0 Å². The quantitative estimate of drug-likeness (QED) is 0.645. The lowest BCUT2D eigenvalue weighted by Gasteiger charge is -2.33. The third kappa shape index (κ3) is 3.96. The molecular weight excluding hydrogens is 398 g/mol. The van der Waals surface area contributed by atoms with Crippen LogP contribution in [0.15, 0.2) is 42.5 Å². The molecule has 3 heterocycles. The topological polar surface area (TPSA) is 59.6 Å². The van der Waals surface area contributed by atoms with Gasteiger partial charge in [-0.1, -0.05) is 36.4 Å². The van der Waals surface area contributed by atoms with Crippen LogP contribution < -0.4 is 0 Å². The monoisotopic (exact) mass is 431 g/mol. The number of hydrogen-bond donors (Lipinski definition) is 2. The van der Waals surface area contributed by atoms with Crippen LogP contribution >= 0.6 is 0 Å². The second-order valence-electron chi connectivity index (χ2n) is 9.57. The van der Waals surface area contributed by atoms with Crippen LogP contribution in [0.4, 0.5) is 0 Å². The van der Waals surface area contributed by atoms with E-state index >= 15 is 0 Å². The van der Waals surface area contributed by atoms with Crippen molar-refractivity contribution in [2.75, 3.05) is 26.2 Å². The Labute approximate surface area is 190 Å². The van der Waals surface area contributed by atoms with E-state index in [1.165, 1.54) is 16.7 Å². The fourth-order valence-electron chi connectivity index (χ4n) is 5.71. The molecule has 2 saturated heterocycles. The van der Waals surface area contributed by atoms with Crippen molar-refractivity contribution < 1.29 is 9.90 Å². The molecule has 2 aliphatic heterocycles. The van der Waals surface area contributed by atoms with Crippen LogP contribution in [-0.2, 0) is 6.54 Å². The van der Waals surface area contributed by atoms with Crippen molar-refractivity contribution in [2.24, 2.45) is 0 Å². The average molecular weight is 432 g/mol. The number of piperidine rings is 1. The molecule has 2 N–H and O–H groups in total. The molecular formula is C27H33N3O2. The van der Waals surface area contributed by atoms with E-state index in [1.54, 1.807) is 4.90 Å². The first kappa shape index (κ1) is 21.2. The Hall–Kier alpha value is -2.63. The fraction of sp³-hybridized carbons (Fsp3) is 0.444. The highest BCUT2D eigenvalue weighted by Gasteiger charge is 2.30. The van der Waals surface area contributed by atoms with Crippen LogP contribution in [0.3, 0.4) is 0 Å². The summed E-state index contributed by atoms with van der Waals surface area (Å²) >= 11 is 0. The Morgan fingerprint density at radius 3 is 2.41 bits per heavy atom. The summed E-state index contributed by atoms with van der Waals surface area (Å²) in [7, 11) is 0. The highest BCUT2D eigenvalue weighted by Crippen LogP contribution is 2.34. The number of nitrogens with zero attached hydrogens (tertiary/aromatic N) is 2. The normalized spacial score (nSPS) is 20.3. The number of aryl methyl sites for hydroxylation is 2. The van der Waals surface area contributed by atoms with Gasteiger partial charge in [0.2, 0.25) is 0 Å². The zero-order valence-corrected chi connectivity index (χ0v) is 19.1. The van der Waals surface area contributed by atoms with Gasteiger partial charge in [-0.15, -0.1) is 0 Å². The molecule has 168 valence electrons. The molecule has 0 saturated carbocycles. The number of aromatic nitrogens is 1. The summed E-state index contributed by atoms with van der Waals surface area (Å²) < 4.78 is 0. The summed E-state index contributed by atoms with van der Waals surface area (Å²) in [4.78, 5) is 21.0. The van der Waals surface area contributed by atoms with Crippen molar-refractivity contribution in [2.45, 2.75) is 51.7 Å². The summed E-state index contributed by atoms with van der Waals surface area (Å²) in [5.74, 6) is 0.626. The van der Waals surface area contributed by atoms with Crippen molar-refractivity contribution in [1.82, 2.24) is 14.8 Å². The molecule has 0 spiro atoms. The first-order chi connectivity index (χ1) is 15.5. The number of hydrogen-bond acceptors (Lipinski definition) is 3. The predicted octanol–water partition coefficient (Wildman–Crippen LogP) is 4.37. The van der Waals surface area contributed by atoms with Crippen LogP contribution in [0.5, 0.6) is 0 Å². The van der Waals surface area contributed by atoms with Gasteiger partial charge in [0.25, 0.3) is 5.91 Å². The molecule has 1 amide bonds. The van der Waals surface area contributed by atoms with E-state index in [0.717, 1.165) is 48.9 Å². The van der Waals surface area contributed by atoms with Crippen molar-refractivity contribution >= 4 is 16.8 Å². The molecule has 1 aromatic heterocycles. The molecule has 2 fully saturated rings. The predicted molar refractivity (Wildman–Crippen MR) is 128 cm³/mol. The Balaban J connectivity index is 1.36. The van der Waals surface area contributed by atoms with Gasteiger partial charge in [0, 0.05) is 36.1 Å². The zero-order chi connectivity index (χ0) is 22.2. The number of para-hydroxylation sites is 1. The number of carbonyl (C=O) groups is 1. The van der Waals surface area contributed by atoms with E-state index in [2.05, 4.69) is 48.0 Å². The van der Waals surface area contributed by atoms with E-state index in [-0.39, 0.29) is 5.91 Å². The van der Waals surface area contributed by atoms with Crippen LogP contribution in [0.2, 0.25) is 0 Å². The third-order valence-corrected chi connectivity index (χ3v) is 7.40. The van der Waals surface area contributed by atoms with Gasteiger partial charge >= 0.3 is 0 Å². The molecule has 0 radical (unpaired) electrons. The van der Waals surface area contributed by atoms with Crippen LogP contribution in [0, 0.1) is 13.8 Å². The summed E-state index contributed by atoms with van der Waals surface area (Å²) in [5.41, 5.74) is 7.13. The number of benzene rings is 2. The molecule has 0 aliphatic carbocycles. The molecule has 1 atom stereocenters. The minimum absolute atomic E-state index is 0.0122. The summed E-state index contributed by atoms with van der Waals surface area (Å²) in [6.07, 6.45) is 2.55. The second kappa shape index (κ2) is 8.72. The van der Waals surface area contributed by atoms with E-state index in [4.69, 9.17) is 0 Å². The SMILES string of the molecule is Cc1cccc(C)c1C1CCN(Cc2c(C(=O)N3CC[C@H](O)C3)[nH]c3ccccc23)CC1. The molecule has 3 aromatic rings. The number of nitrogens with one attached hydrogen (secondary N) is 1. The summed E-state index contributed by atoms with van der Waals surface area (Å²) in [5, 5.41) is 11.0. The maximum atomic E-state index is 13.3. The maximum Gasteiger partial charge on any atom is 0.270 e. The number of aromatic amines is 1. The molecule has 32 heavy (non-hydrogen) atoms. The zero-order valence-electron chi connectivity index (χ0n) is 19.1. The van der Waals surface area contributed by atoms with E-state index in [0.29, 0.717) is 31.1 Å². The lowest BCUT2D eigenvalue weighted by molar-refractivity contribution is 0.0757. The smallest absolute Gasteiger partial charge is 0.270 e. The van der Waals surface area contributed by atoms with Gasteiger partial charge < -0.3 is 15.0 Å². The number of rotatable bonds is 4. The molecule has 0 bridgehead atoms. The number of fused-ring (bicyclic) bond motifs is 1. The van der Waals surface area contributed by atoms with Crippen molar-refractivity contribution in [3.8, 4) is 0 Å². The number of amides is 1. The molecule has 2 aromatic carbocycles. The fourth-order valence-corrected chi connectivity index (χ4v) is 5.71. The number of carbonyl (C=O) groups excluding carboxylic acids is 1. The van der Waals surface area contributed by atoms with E-state index < -0.39 is 6.10 Å². The van der Waals surface area contributed by atoms with Crippen molar-refractivity contribution in [1.29, 1.82) is 0 Å². The van der Waals surface area contributed by atoms with Gasteiger partial charge in [0.05, 0.1) is 6.10 Å². The Bertz CT molecular complexity index is 1110. The largest absolute Gasteiger partial charge is 0.391 e. The lowest BCUT2D eigenvalue weighted by atomic mass is 9.84. The summed E-state index contributed by atoms with van der Waals surface area (Å²) in [6.45, 7) is 8.36. The van der Waals surface area contributed by atoms with Gasteiger partial charge in [0.1, 0.15) is 5.69 Å². The number of likely N-dealkylation sites (tertiary alicyclic amines) is 2. The van der Waals surface area contributed by atoms with Crippen molar-refractivity contribution in [3.05, 3.63) is 70.4 Å². The highest BCUT2D eigenvalue weighted by molar-refractivity contribution is 6.01. The Morgan fingerprint density at radius 1 is 1.00 bits per heavy atom. The van der Waals surface area contributed by atoms with E-state index in [1.807, 2.05) is 18.2 Å². The van der Waals surface area contributed by atoms with Crippen molar-refractivity contribution in [3.63, 3.8) is 0 Å². The first-order valence-corrected chi connectivity index (χ1v) is 11.9. The molecule has 5 rings (SSSR count). The number of β-amino-alcohol motifs (C(OH)–C–C–N with tert-alkyl or cyclic N) is 1. The number of aliphatic hydroxyl groups is 1. The number of H-pyrrole nitrogens is 1. The molecule has 5 heteroatoms. The van der Waals surface area contributed by atoms with E-state index in [9.17, 15) is 9.90 Å². The van der Waals surface area contributed by atoms with Crippen LogP contribution in [0.1, 0.15) is 57.9 Å². The van der Waals surface area contributed by atoms with Crippen LogP contribution in [-0.4, -0.2) is 58.1 Å². The molecule has 5 nitrogen and oxygen atoms in total. The van der Waals surface area contributed by atoms with Gasteiger partial charge in [0.15, 0.2) is 0 Å². The highest BCUT2D eigenvalue weighted by atomic mass is 16.3. The molecule has 2 aliphatic rings. The average Bonchev–Trinajstić information content (AvgIpc) is 3.38. The lowest BCUT2D eigenvalue weighted by Crippen LogP contribution is -2.34.